The van der Waals surface area contributed by atoms with Gasteiger partial charge in [0.15, 0.2) is 11.5 Å². The van der Waals surface area contributed by atoms with Crippen LogP contribution in [0.4, 0.5) is 0 Å². The smallest absolute Gasteiger partial charge is 0.254 e. The zero-order valence-corrected chi connectivity index (χ0v) is 25.1. The van der Waals surface area contributed by atoms with Crippen LogP contribution in [0.2, 0.25) is 0 Å². The Hall–Kier alpha value is -3.75. The fraction of sp³-hybridized carbons (Fsp3) is 0.182. The van der Waals surface area contributed by atoms with E-state index in [1.807, 2.05) is 54.6 Å². The molecule has 0 spiro atoms. The van der Waals surface area contributed by atoms with Crippen LogP contribution in [-0.4, -0.2) is 30.1 Å². The maximum atomic E-state index is 13.8. The minimum absolute atomic E-state index is 0.162. The molecule has 0 aromatic heterocycles. The van der Waals surface area contributed by atoms with Crippen molar-refractivity contribution in [2.45, 2.75) is 18.4 Å². The summed E-state index contributed by atoms with van der Waals surface area (Å²) >= 11 is 7.03. The van der Waals surface area contributed by atoms with Gasteiger partial charge in [-0.05, 0) is 73.6 Å². The van der Waals surface area contributed by atoms with Crippen molar-refractivity contribution in [2.75, 3.05) is 7.11 Å². The summed E-state index contributed by atoms with van der Waals surface area (Å²) in [7, 11) is 1.57. The molecule has 0 radical (unpaired) electrons. The molecule has 2 atom stereocenters. The summed E-state index contributed by atoms with van der Waals surface area (Å²) in [4.78, 5) is 27.6. The zero-order chi connectivity index (χ0) is 28.2. The van der Waals surface area contributed by atoms with Gasteiger partial charge in [-0.1, -0.05) is 76.6 Å². The van der Waals surface area contributed by atoms with E-state index in [4.69, 9.17) is 9.47 Å². The van der Waals surface area contributed by atoms with Crippen molar-refractivity contribution in [3.05, 3.63) is 127 Å². The third-order valence-electron chi connectivity index (χ3n) is 8.30. The topological polar surface area (TPSA) is 68.2 Å². The number of imide groups is 1. The van der Waals surface area contributed by atoms with Gasteiger partial charge in [0, 0.05) is 16.3 Å². The molecule has 4 aliphatic rings. The van der Waals surface area contributed by atoms with Gasteiger partial charge in [0.25, 0.3) is 11.8 Å². The summed E-state index contributed by atoms with van der Waals surface area (Å²) in [6.45, 7) is 0.363. The van der Waals surface area contributed by atoms with E-state index in [1.54, 1.807) is 13.2 Å². The lowest BCUT2D eigenvalue weighted by Crippen LogP contribution is -2.41. The number of ether oxygens (including phenoxy) is 2. The van der Waals surface area contributed by atoms with Crippen LogP contribution in [0.15, 0.2) is 99.0 Å². The average molecular weight is 672 g/mol. The monoisotopic (exact) mass is 670 g/mol. The molecule has 3 aliphatic carbocycles. The van der Waals surface area contributed by atoms with Gasteiger partial charge in [0.2, 0.25) is 0 Å². The Morgan fingerprint density at radius 2 is 1.34 bits per heavy atom. The van der Waals surface area contributed by atoms with E-state index in [-0.39, 0.29) is 23.7 Å². The van der Waals surface area contributed by atoms with Crippen molar-refractivity contribution >= 4 is 49.9 Å². The van der Waals surface area contributed by atoms with Gasteiger partial charge in [0.1, 0.15) is 6.61 Å². The maximum absolute atomic E-state index is 13.8. The third-order valence-corrected chi connectivity index (χ3v) is 9.41. The second-order valence-electron chi connectivity index (χ2n) is 10.4. The summed E-state index contributed by atoms with van der Waals surface area (Å²) in [6.07, 6.45) is 1.53. The highest BCUT2D eigenvalue weighted by Crippen LogP contribution is 2.61. The number of halogens is 2. The highest BCUT2D eigenvalue weighted by molar-refractivity contribution is 9.10. The van der Waals surface area contributed by atoms with Crippen molar-refractivity contribution in [3.8, 4) is 11.5 Å². The molecule has 4 aromatic carbocycles. The normalized spacial score (nSPS) is 22.1. The first kappa shape index (κ1) is 26.2. The molecule has 1 aliphatic heterocycles. The van der Waals surface area contributed by atoms with E-state index in [2.05, 4.69) is 61.2 Å². The molecule has 1 fully saturated rings. The van der Waals surface area contributed by atoms with Crippen molar-refractivity contribution in [1.29, 1.82) is 0 Å². The number of carbonyl (C=O) groups excluding carboxylic acids is 2. The summed E-state index contributed by atoms with van der Waals surface area (Å²) in [6, 6.07) is 27.9. The van der Waals surface area contributed by atoms with Gasteiger partial charge in [-0.25, -0.2) is 0 Å². The highest BCUT2D eigenvalue weighted by Gasteiger charge is 2.61. The maximum Gasteiger partial charge on any atom is 0.254 e. The molecule has 4 aromatic rings. The van der Waals surface area contributed by atoms with Gasteiger partial charge in [-0.15, -0.1) is 0 Å². The molecular formula is C33H24Br2N2O4. The molecule has 2 bridgehead atoms. The Morgan fingerprint density at radius 3 is 1.85 bits per heavy atom. The SMILES string of the molecule is COc1cc(/C=N\N2C(=O)[C@H]3C4c5ccccc5C(c5ccccc54)[C@@H]3C2=O)cc(Br)c1OCc1ccc(Br)cc1. The van der Waals surface area contributed by atoms with Gasteiger partial charge in [-0.3, -0.25) is 9.59 Å². The summed E-state index contributed by atoms with van der Waals surface area (Å²) < 4.78 is 13.3. The fourth-order valence-electron chi connectivity index (χ4n) is 6.59. The number of amides is 2. The van der Waals surface area contributed by atoms with E-state index in [0.717, 1.165) is 37.3 Å². The zero-order valence-electron chi connectivity index (χ0n) is 22.0. The van der Waals surface area contributed by atoms with Crippen LogP contribution >= 0.6 is 31.9 Å². The largest absolute Gasteiger partial charge is 0.493 e. The quantitative estimate of drug-likeness (QED) is 0.163. The second kappa shape index (κ2) is 10.3. The van der Waals surface area contributed by atoms with E-state index in [1.165, 1.54) is 6.21 Å². The first-order valence-electron chi connectivity index (χ1n) is 13.3. The minimum Gasteiger partial charge on any atom is -0.493 e. The van der Waals surface area contributed by atoms with Crippen LogP contribution in [0.5, 0.6) is 11.5 Å². The van der Waals surface area contributed by atoms with E-state index in [9.17, 15) is 9.59 Å². The fourth-order valence-corrected chi connectivity index (χ4v) is 7.43. The first-order valence-corrected chi connectivity index (χ1v) is 14.9. The van der Waals surface area contributed by atoms with Crippen LogP contribution in [-0.2, 0) is 16.2 Å². The Labute approximate surface area is 254 Å². The molecule has 0 saturated carbocycles. The predicted molar refractivity (Wildman–Crippen MR) is 162 cm³/mol. The molecule has 1 saturated heterocycles. The number of hydrogen-bond acceptors (Lipinski definition) is 5. The molecular weight excluding hydrogens is 648 g/mol. The molecule has 204 valence electrons. The third kappa shape index (κ3) is 4.23. The van der Waals surface area contributed by atoms with Gasteiger partial charge in [0.05, 0.1) is 29.6 Å². The highest BCUT2D eigenvalue weighted by atomic mass is 79.9. The molecule has 8 rings (SSSR count). The number of nitrogens with zero attached hydrogens (tertiary/aromatic N) is 2. The summed E-state index contributed by atoms with van der Waals surface area (Å²) in [5, 5.41) is 5.51. The number of carbonyl (C=O) groups is 2. The molecule has 6 nitrogen and oxygen atoms in total. The van der Waals surface area contributed by atoms with Crippen LogP contribution in [0.3, 0.4) is 0 Å². The van der Waals surface area contributed by atoms with Gasteiger partial charge in [-0.2, -0.15) is 10.1 Å². The van der Waals surface area contributed by atoms with Gasteiger partial charge < -0.3 is 9.47 Å². The summed E-state index contributed by atoms with van der Waals surface area (Å²) in [5.74, 6) is -0.703. The van der Waals surface area contributed by atoms with Crippen molar-refractivity contribution in [3.63, 3.8) is 0 Å². The predicted octanol–water partition coefficient (Wildman–Crippen LogP) is 7.03. The van der Waals surface area contributed by atoms with Crippen LogP contribution in [0.1, 0.15) is 45.2 Å². The molecule has 2 amide bonds. The lowest BCUT2D eigenvalue weighted by molar-refractivity contribution is -0.139. The van der Waals surface area contributed by atoms with Crippen molar-refractivity contribution < 1.29 is 19.1 Å². The van der Waals surface area contributed by atoms with E-state index >= 15 is 0 Å². The number of hydrazone groups is 1. The Balaban J connectivity index is 1.17. The lowest BCUT2D eigenvalue weighted by atomic mass is 9.55. The van der Waals surface area contributed by atoms with E-state index in [0.29, 0.717) is 28.1 Å². The molecule has 0 N–H and O–H groups in total. The Kier molecular flexibility index (Phi) is 6.55. The van der Waals surface area contributed by atoms with E-state index < -0.39 is 11.8 Å². The average Bonchev–Trinajstić information content (AvgIpc) is 3.25. The van der Waals surface area contributed by atoms with Crippen LogP contribution in [0, 0.1) is 11.8 Å². The molecule has 1 heterocycles. The van der Waals surface area contributed by atoms with Crippen molar-refractivity contribution in [2.24, 2.45) is 16.9 Å². The molecule has 0 unspecified atom stereocenters. The second-order valence-corrected chi connectivity index (χ2v) is 12.2. The van der Waals surface area contributed by atoms with Crippen molar-refractivity contribution in [1.82, 2.24) is 5.01 Å². The van der Waals surface area contributed by atoms with Gasteiger partial charge >= 0.3 is 0 Å². The molecule has 8 heteroatoms. The lowest BCUT2D eigenvalue weighted by Gasteiger charge is -2.45. The first-order chi connectivity index (χ1) is 20.0. The Bertz CT molecular complexity index is 1620. The molecule has 41 heavy (non-hydrogen) atoms. The summed E-state index contributed by atoms with van der Waals surface area (Å²) in [5.41, 5.74) is 6.22. The van der Waals surface area contributed by atoms with Crippen LogP contribution in [0.25, 0.3) is 0 Å². The minimum atomic E-state index is -0.467. The number of hydrogen-bond donors (Lipinski definition) is 0. The number of benzene rings is 4. The van der Waals surface area contributed by atoms with Crippen LogP contribution < -0.4 is 9.47 Å². The Morgan fingerprint density at radius 1 is 0.805 bits per heavy atom. The number of rotatable bonds is 6. The standard InChI is InChI=1S/C33H24Br2N2O4/c1-40-26-15-19(14-25(35)31(26)41-17-18-10-12-20(34)13-11-18)16-36-37-32(38)29-27-21-6-2-3-7-22(21)28(30(29)33(37)39)24-9-5-4-8-23(24)27/h2-16,27-30H,17H2,1H3/b36-16-/t27?,28?,29-,30-/m0/s1. The number of methoxy groups -OCH3 is 1.